The zero-order valence-electron chi connectivity index (χ0n) is 9.33. The number of benzene rings is 1. The minimum Gasteiger partial charge on any atom is -0.380 e. The summed E-state index contributed by atoms with van der Waals surface area (Å²) in [5.41, 5.74) is 2.72. The van der Waals surface area contributed by atoms with Gasteiger partial charge in [-0.05, 0) is 42.8 Å². The molecule has 2 nitrogen and oxygen atoms in total. The highest BCUT2D eigenvalue weighted by atomic mass is 35.5. The maximum Gasteiger partial charge on any atom is 0.0994 e. The van der Waals surface area contributed by atoms with Crippen LogP contribution in [-0.4, -0.2) is 0 Å². The first-order chi connectivity index (χ1) is 8.19. The van der Waals surface area contributed by atoms with Crippen LogP contribution in [-0.2, 0) is 6.54 Å². The highest BCUT2D eigenvalue weighted by molar-refractivity contribution is 7.16. The predicted octanol–water partition coefficient (Wildman–Crippen LogP) is 4.19. The number of nitrogens with zero attached hydrogens (tertiary/aromatic N) is 1. The van der Waals surface area contributed by atoms with Crippen LogP contribution in [0.5, 0.6) is 0 Å². The van der Waals surface area contributed by atoms with Gasteiger partial charge in [-0.3, -0.25) is 0 Å². The molecule has 4 heteroatoms. The van der Waals surface area contributed by atoms with E-state index in [2.05, 4.69) is 11.4 Å². The number of hydrogen-bond donors (Lipinski definition) is 1. The lowest BCUT2D eigenvalue weighted by molar-refractivity contribution is 1.19. The van der Waals surface area contributed by atoms with E-state index >= 15 is 0 Å². The molecule has 0 radical (unpaired) electrons. The third-order valence-corrected chi connectivity index (χ3v) is 3.67. The second-order valence-electron chi connectivity index (χ2n) is 3.70. The summed E-state index contributed by atoms with van der Waals surface area (Å²) in [7, 11) is 0. The Morgan fingerprint density at radius 2 is 2.18 bits per heavy atom. The van der Waals surface area contributed by atoms with E-state index in [1.54, 1.807) is 11.3 Å². The lowest BCUT2D eigenvalue weighted by atomic mass is 10.1. The summed E-state index contributed by atoms with van der Waals surface area (Å²) in [6, 6.07) is 11.8. The van der Waals surface area contributed by atoms with E-state index in [1.807, 2.05) is 37.3 Å². The third-order valence-electron chi connectivity index (χ3n) is 2.44. The fourth-order valence-corrected chi connectivity index (χ4v) is 2.56. The Hall–Kier alpha value is -1.50. The Labute approximate surface area is 109 Å². The van der Waals surface area contributed by atoms with Crippen molar-refractivity contribution in [3.05, 3.63) is 50.7 Å². The maximum absolute atomic E-state index is 8.84. The predicted molar refractivity (Wildman–Crippen MR) is 72.5 cm³/mol. The van der Waals surface area contributed by atoms with Gasteiger partial charge in [0.1, 0.15) is 0 Å². The van der Waals surface area contributed by atoms with E-state index in [-0.39, 0.29) is 0 Å². The number of hydrogen-bond acceptors (Lipinski definition) is 3. The summed E-state index contributed by atoms with van der Waals surface area (Å²) >= 11 is 7.43. The van der Waals surface area contributed by atoms with E-state index in [1.165, 1.54) is 4.88 Å². The minimum absolute atomic E-state index is 0.717. The Balaban J connectivity index is 2.05. The van der Waals surface area contributed by atoms with E-state index in [4.69, 9.17) is 16.9 Å². The van der Waals surface area contributed by atoms with Gasteiger partial charge in [-0.15, -0.1) is 11.3 Å². The smallest absolute Gasteiger partial charge is 0.0994 e. The number of rotatable bonds is 3. The molecule has 0 spiro atoms. The van der Waals surface area contributed by atoms with Gasteiger partial charge < -0.3 is 5.32 Å². The van der Waals surface area contributed by atoms with Gasteiger partial charge in [0.05, 0.1) is 16.0 Å². The molecule has 0 aliphatic heterocycles. The molecule has 1 heterocycles. The topological polar surface area (TPSA) is 35.8 Å². The number of nitriles is 1. The van der Waals surface area contributed by atoms with Gasteiger partial charge in [0.2, 0.25) is 0 Å². The third kappa shape index (κ3) is 3.00. The first kappa shape index (κ1) is 12.0. The van der Waals surface area contributed by atoms with E-state index < -0.39 is 0 Å². The van der Waals surface area contributed by atoms with Crippen molar-refractivity contribution in [2.45, 2.75) is 13.5 Å². The van der Waals surface area contributed by atoms with E-state index in [0.717, 1.165) is 27.7 Å². The van der Waals surface area contributed by atoms with Crippen LogP contribution >= 0.6 is 22.9 Å². The number of anilines is 1. The highest BCUT2D eigenvalue weighted by Gasteiger charge is 2.00. The van der Waals surface area contributed by atoms with Crippen LogP contribution in [0.2, 0.25) is 4.34 Å². The molecule has 0 fully saturated rings. The van der Waals surface area contributed by atoms with Crippen molar-refractivity contribution in [2.24, 2.45) is 0 Å². The summed E-state index contributed by atoms with van der Waals surface area (Å²) in [4.78, 5) is 1.19. The molecule has 1 aromatic heterocycles. The summed E-state index contributed by atoms with van der Waals surface area (Å²) in [5, 5.41) is 12.1. The SMILES string of the molecule is Cc1cc(NCc2ccc(Cl)s2)ccc1C#N. The molecule has 0 saturated heterocycles. The molecule has 0 saturated carbocycles. The summed E-state index contributed by atoms with van der Waals surface area (Å²) in [5.74, 6) is 0. The number of nitrogens with one attached hydrogen (secondary N) is 1. The average Bonchev–Trinajstić information content (AvgIpc) is 2.73. The molecule has 0 aliphatic carbocycles. The number of aryl methyl sites for hydroxylation is 1. The van der Waals surface area contributed by atoms with Gasteiger partial charge in [-0.1, -0.05) is 11.6 Å². The summed E-state index contributed by atoms with van der Waals surface area (Å²) in [6.45, 7) is 2.69. The van der Waals surface area contributed by atoms with Crippen LogP contribution in [0.1, 0.15) is 16.0 Å². The molecule has 1 N–H and O–H groups in total. The molecular weight excluding hydrogens is 252 g/mol. The Morgan fingerprint density at radius 3 is 2.76 bits per heavy atom. The van der Waals surface area contributed by atoms with E-state index in [9.17, 15) is 0 Å². The highest BCUT2D eigenvalue weighted by Crippen LogP contribution is 2.22. The van der Waals surface area contributed by atoms with Gasteiger partial charge in [0.25, 0.3) is 0 Å². The van der Waals surface area contributed by atoms with Crippen LogP contribution in [0.15, 0.2) is 30.3 Å². The normalized spacial score (nSPS) is 9.94. The van der Waals surface area contributed by atoms with Crippen molar-refractivity contribution in [3.8, 4) is 6.07 Å². The first-order valence-corrected chi connectivity index (χ1v) is 6.37. The molecule has 0 aliphatic rings. The molecular formula is C13H11ClN2S. The van der Waals surface area contributed by atoms with Crippen molar-refractivity contribution in [2.75, 3.05) is 5.32 Å². The van der Waals surface area contributed by atoms with Crippen LogP contribution in [0, 0.1) is 18.3 Å². The Kier molecular flexibility index (Phi) is 3.68. The monoisotopic (exact) mass is 262 g/mol. The Bertz CT molecular complexity index is 569. The second-order valence-corrected chi connectivity index (χ2v) is 5.50. The van der Waals surface area contributed by atoms with Gasteiger partial charge in [0.15, 0.2) is 0 Å². The second kappa shape index (κ2) is 5.22. The largest absolute Gasteiger partial charge is 0.380 e. The van der Waals surface area contributed by atoms with Crippen LogP contribution < -0.4 is 5.32 Å². The molecule has 0 atom stereocenters. The fourth-order valence-electron chi connectivity index (χ4n) is 1.54. The van der Waals surface area contributed by atoms with Crippen molar-refractivity contribution < 1.29 is 0 Å². The van der Waals surface area contributed by atoms with Gasteiger partial charge in [0, 0.05) is 17.1 Å². The molecule has 0 amide bonds. The molecule has 1 aromatic carbocycles. The quantitative estimate of drug-likeness (QED) is 0.900. The van der Waals surface area contributed by atoms with Gasteiger partial charge in [-0.25, -0.2) is 0 Å². The minimum atomic E-state index is 0.717. The molecule has 0 bridgehead atoms. The van der Waals surface area contributed by atoms with Crippen molar-refractivity contribution in [1.29, 1.82) is 5.26 Å². The lowest BCUT2D eigenvalue weighted by Gasteiger charge is -2.06. The molecule has 86 valence electrons. The van der Waals surface area contributed by atoms with Gasteiger partial charge >= 0.3 is 0 Å². The van der Waals surface area contributed by atoms with Crippen LogP contribution in [0.4, 0.5) is 5.69 Å². The molecule has 17 heavy (non-hydrogen) atoms. The maximum atomic E-state index is 8.84. The van der Waals surface area contributed by atoms with Crippen LogP contribution in [0.3, 0.4) is 0 Å². The molecule has 0 unspecified atom stereocenters. The standard InChI is InChI=1S/C13H11ClN2S/c1-9-6-11(3-2-10(9)7-15)16-8-12-4-5-13(14)17-12/h2-6,16H,8H2,1H3. The molecule has 2 aromatic rings. The Morgan fingerprint density at radius 1 is 1.35 bits per heavy atom. The van der Waals surface area contributed by atoms with E-state index in [0.29, 0.717) is 0 Å². The van der Waals surface area contributed by atoms with Crippen molar-refractivity contribution in [3.63, 3.8) is 0 Å². The average molecular weight is 263 g/mol. The zero-order valence-corrected chi connectivity index (χ0v) is 10.9. The zero-order chi connectivity index (χ0) is 12.3. The van der Waals surface area contributed by atoms with Gasteiger partial charge in [-0.2, -0.15) is 5.26 Å². The number of thiophene rings is 1. The fraction of sp³-hybridized carbons (Fsp3) is 0.154. The first-order valence-electron chi connectivity index (χ1n) is 5.18. The molecule has 2 rings (SSSR count). The van der Waals surface area contributed by atoms with Crippen molar-refractivity contribution >= 4 is 28.6 Å². The summed E-state index contributed by atoms with van der Waals surface area (Å²) < 4.78 is 0.804. The van der Waals surface area contributed by atoms with Crippen LogP contribution in [0.25, 0.3) is 0 Å². The summed E-state index contributed by atoms with van der Waals surface area (Å²) in [6.07, 6.45) is 0. The lowest BCUT2D eigenvalue weighted by Crippen LogP contribution is -1.98. The number of halogens is 1. The van der Waals surface area contributed by atoms with Crippen molar-refractivity contribution in [1.82, 2.24) is 0 Å².